The minimum atomic E-state index is -0.289. The van der Waals surface area contributed by atoms with Crippen molar-refractivity contribution in [2.24, 2.45) is 4.99 Å². The Balaban J connectivity index is 0.00000256. The maximum absolute atomic E-state index is 9.67. The zero-order valence-electron chi connectivity index (χ0n) is 8.35. The summed E-state index contributed by atoms with van der Waals surface area (Å²) in [7, 11) is 0. The largest absolute Gasteiger partial charge is 0.506 e. The van der Waals surface area contributed by atoms with Crippen LogP contribution in [0.3, 0.4) is 0 Å². The molecule has 2 N–H and O–H groups in total. The van der Waals surface area contributed by atoms with Crippen molar-refractivity contribution in [2.75, 3.05) is 13.2 Å². The second-order valence-corrected chi connectivity index (χ2v) is 4.29. The second-order valence-electron chi connectivity index (χ2n) is 2.78. The SMILES string of the molecule is OCCN=Cc1c(O)c(Cl)c(Cl)c(Cl)c1Cl.[Sn]. The van der Waals surface area contributed by atoms with E-state index in [-0.39, 0.29) is 68.5 Å². The van der Waals surface area contributed by atoms with Crippen molar-refractivity contribution in [2.45, 2.75) is 0 Å². The number of aliphatic imine (C=N–C) groups is 1. The number of halogens is 4. The summed E-state index contributed by atoms with van der Waals surface area (Å²) >= 11 is 23.1. The Morgan fingerprint density at radius 1 is 1.00 bits per heavy atom. The number of phenolic OH excluding ortho intramolecular Hbond substituents is 1. The van der Waals surface area contributed by atoms with Crippen LogP contribution in [0.15, 0.2) is 4.99 Å². The van der Waals surface area contributed by atoms with E-state index < -0.39 is 0 Å². The number of rotatable bonds is 3. The van der Waals surface area contributed by atoms with Crippen molar-refractivity contribution in [3.05, 3.63) is 25.7 Å². The summed E-state index contributed by atoms with van der Waals surface area (Å²) < 4.78 is 0. The Hall–Kier alpha value is 0.609. The summed E-state index contributed by atoms with van der Waals surface area (Å²) in [5, 5.41) is 18.2. The predicted molar refractivity (Wildman–Crippen MR) is 73.4 cm³/mol. The summed E-state index contributed by atoms with van der Waals surface area (Å²) in [6.07, 6.45) is 1.28. The van der Waals surface area contributed by atoms with Gasteiger partial charge in [-0.3, -0.25) is 4.99 Å². The minimum Gasteiger partial charge on any atom is -0.506 e. The average molecular weight is 422 g/mol. The number of aromatic hydroxyl groups is 1. The Morgan fingerprint density at radius 2 is 1.53 bits per heavy atom. The molecule has 1 aromatic rings. The van der Waals surface area contributed by atoms with Gasteiger partial charge in [-0.2, -0.15) is 0 Å². The molecular formula is C9H7Cl4NO2Sn. The van der Waals surface area contributed by atoms with E-state index in [1.807, 2.05) is 0 Å². The van der Waals surface area contributed by atoms with E-state index in [0.29, 0.717) is 0 Å². The van der Waals surface area contributed by atoms with Gasteiger partial charge in [0.05, 0.1) is 33.8 Å². The van der Waals surface area contributed by atoms with E-state index in [0.717, 1.165) is 0 Å². The van der Waals surface area contributed by atoms with Crippen molar-refractivity contribution >= 4 is 76.5 Å². The molecule has 0 saturated carbocycles. The van der Waals surface area contributed by atoms with E-state index in [9.17, 15) is 5.11 Å². The van der Waals surface area contributed by atoms with Gasteiger partial charge in [-0.1, -0.05) is 46.4 Å². The molecule has 3 nitrogen and oxygen atoms in total. The Bertz CT molecular complexity index is 410. The van der Waals surface area contributed by atoms with Gasteiger partial charge in [0.2, 0.25) is 0 Å². The zero-order chi connectivity index (χ0) is 12.3. The number of nitrogens with zero attached hydrogens (tertiary/aromatic N) is 1. The van der Waals surface area contributed by atoms with Crippen LogP contribution in [0.5, 0.6) is 5.75 Å². The van der Waals surface area contributed by atoms with Gasteiger partial charge in [0.1, 0.15) is 10.8 Å². The summed E-state index contributed by atoms with van der Waals surface area (Å²) in [5.74, 6) is -0.289. The van der Waals surface area contributed by atoms with Gasteiger partial charge >= 0.3 is 0 Å². The molecule has 0 aliphatic carbocycles. The molecule has 0 aliphatic heterocycles. The van der Waals surface area contributed by atoms with Crippen LogP contribution in [0.2, 0.25) is 20.1 Å². The van der Waals surface area contributed by atoms with E-state index in [2.05, 4.69) is 4.99 Å². The van der Waals surface area contributed by atoms with E-state index in [4.69, 9.17) is 51.5 Å². The zero-order valence-corrected chi connectivity index (χ0v) is 14.2. The molecule has 1 aromatic carbocycles. The molecular weight excluding hydrogens is 415 g/mol. The van der Waals surface area contributed by atoms with Gasteiger partial charge in [0.25, 0.3) is 0 Å². The summed E-state index contributed by atoms with van der Waals surface area (Å²) in [5.41, 5.74) is 0.175. The molecule has 92 valence electrons. The smallest absolute Gasteiger partial charge is 0.146 e. The Kier molecular flexibility index (Phi) is 8.20. The van der Waals surface area contributed by atoms with Crippen molar-refractivity contribution in [1.82, 2.24) is 0 Å². The van der Waals surface area contributed by atoms with Gasteiger partial charge < -0.3 is 10.2 Å². The molecule has 0 fully saturated rings. The standard InChI is InChI=1S/C9H7Cl4NO2.Sn/c10-5-4(3-14-1-2-15)9(16)8(13)7(12)6(5)11;/h3,15-16H,1-2H2;. The molecule has 0 saturated heterocycles. The molecule has 1 rings (SSSR count). The molecule has 4 radical (unpaired) electrons. The summed E-state index contributed by atoms with van der Waals surface area (Å²) in [4.78, 5) is 3.81. The van der Waals surface area contributed by atoms with Crippen LogP contribution < -0.4 is 0 Å². The molecule has 0 spiro atoms. The van der Waals surface area contributed by atoms with E-state index in [1.165, 1.54) is 6.21 Å². The van der Waals surface area contributed by atoms with Gasteiger partial charge in [0.15, 0.2) is 0 Å². The normalized spacial score (nSPS) is 10.6. The number of aliphatic hydroxyl groups excluding tert-OH is 1. The first-order chi connectivity index (χ1) is 7.50. The molecule has 0 unspecified atom stereocenters. The van der Waals surface area contributed by atoms with E-state index in [1.54, 1.807) is 0 Å². The summed E-state index contributed by atoms with van der Waals surface area (Å²) in [6, 6.07) is 0. The summed E-state index contributed by atoms with van der Waals surface area (Å²) in [6.45, 7) is 0.0809. The number of aliphatic hydroxyl groups is 1. The first kappa shape index (κ1) is 17.6. The van der Waals surface area contributed by atoms with Crippen LogP contribution in [0.4, 0.5) is 0 Å². The second kappa shape index (κ2) is 7.92. The van der Waals surface area contributed by atoms with Gasteiger partial charge in [-0.05, 0) is 0 Å². The van der Waals surface area contributed by atoms with Crippen LogP contribution >= 0.6 is 46.4 Å². The van der Waals surface area contributed by atoms with Crippen molar-refractivity contribution in [3.8, 4) is 5.75 Å². The minimum absolute atomic E-state index is 0. The maximum Gasteiger partial charge on any atom is 0.146 e. The van der Waals surface area contributed by atoms with Crippen LogP contribution in [0.1, 0.15) is 5.56 Å². The third-order valence-corrected chi connectivity index (χ3v) is 3.53. The van der Waals surface area contributed by atoms with E-state index >= 15 is 0 Å². The van der Waals surface area contributed by atoms with Crippen molar-refractivity contribution in [3.63, 3.8) is 0 Å². The molecule has 17 heavy (non-hydrogen) atoms. The van der Waals surface area contributed by atoms with Crippen LogP contribution in [-0.4, -0.2) is 53.5 Å². The molecule has 0 atom stereocenters. The number of hydrogen-bond acceptors (Lipinski definition) is 3. The molecule has 8 heteroatoms. The van der Waals surface area contributed by atoms with Crippen LogP contribution in [-0.2, 0) is 0 Å². The van der Waals surface area contributed by atoms with Gasteiger partial charge in [0, 0.05) is 30.1 Å². The third-order valence-electron chi connectivity index (χ3n) is 1.73. The molecule has 0 amide bonds. The topological polar surface area (TPSA) is 52.8 Å². The van der Waals surface area contributed by atoms with Crippen molar-refractivity contribution < 1.29 is 10.2 Å². The van der Waals surface area contributed by atoms with Gasteiger partial charge in [-0.25, -0.2) is 0 Å². The molecule has 0 aliphatic rings. The number of phenols is 1. The van der Waals surface area contributed by atoms with Crippen LogP contribution in [0.25, 0.3) is 0 Å². The first-order valence-electron chi connectivity index (χ1n) is 4.16. The Morgan fingerprint density at radius 3 is 2.06 bits per heavy atom. The predicted octanol–water partition coefficient (Wildman–Crippen LogP) is 3.04. The fourth-order valence-corrected chi connectivity index (χ4v) is 1.87. The number of hydrogen-bond donors (Lipinski definition) is 2. The molecule has 0 aromatic heterocycles. The average Bonchev–Trinajstić information content (AvgIpc) is 2.28. The van der Waals surface area contributed by atoms with Gasteiger partial charge in [-0.15, -0.1) is 0 Å². The first-order valence-corrected chi connectivity index (χ1v) is 5.67. The Labute approximate surface area is 135 Å². The van der Waals surface area contributed by atoms with Crippen molar-refractivity contribution in [1.29, 1.82) is 0 Å². The quantitative estimate of drug-likeness (QED) is 0.341. The number of benzene rings is 1. The fourth-order valence-electron chi connectivity index (χ4n) is 0.968. The fraction of sp³-hybridized carbons (Fsp3) is 0.222. The third kappa shape index (κ3) is 4.04. The monoisotopic (exact) mass is 421 g/mol. The molecule has 0 heterocycles. The maximum atomic E-state index is 9.67. The molecule has 0 bridgehead atoms. The van der Waals surface area contributed by atoms with Crippen LogP contribution in [0, 0.1) is 0 Å².